The van der Waals surface area contributed by atoms with Crippen molar-refractivity contribution in [1.82, 2.24) is 0 Å². The van der Waals surface area contributed by atoms with E-state index in [1.54, 1.807) is 6.08 Å². The van der Waals surface area contributed by atoms with Crippen molar-refractivity contribution in [1.29, 1.82) is 0 Å². The van der Waals surface area contributed by atoms with Crippen molar-refractivity contribution in [2.45, 2.75) is 124 Å². The van der Waals surface area contributed by atoms with E-state index in [2.05, 4.69) is 51.3 Å². The fraction of sp³-hybridized carbons (Fsp3) is 0.562. The van der Waals surface area contributed by atoms with Crippen LogP contribution in [-0.2, 0) is 55.8 Å². The summed E-state index contributed by atoms with van der Waals surface area (Å²) < 4.78 is 28.1. The first kappa shape index (κ1) is 47.8. The molecule has 0 aliphatic heterocycles. The average molecular weight is 803 g/mol. The van der Waals surface area contributed by atoms with Gasteiger partial charge in [0.25, 0.3) is 0 Å². The molecule has 1 fully saturated rings. The van der Waals surface area contributed by atoms with Crippen molar-refractivity contribution >= 4 is 29.5 Å². The van der Waals surface area contributed by atoms with Gasteiger partial charge in [-0.25, -0.2) is 14.4 Å². The molecule has 3 rings (SSSR count). The van der Waals surface area contributed by atoms with E-state index in [4.69, 9.17) is 23.7 Å². The van der Waals surface area contributed by atoms with Crippen molar-refractivity contribution in [3.63, 3.8) is 0 Å². The summed E-state index contributed by atoms with van der Waals surface area (Å²) in [5.74, 6) is -2.74. The third-order valence-electron chi connectivity index (χ3n) is 10.9. The van der Waals surface area contributed by atoms with Crippen LogP contribution in [0.15, 0.2) is 61.2 Å². The Morgan fingerprint density at radius 2 is 1.38 bits per heavy atom. The number of unbranched alkanes of at least 4 members (excludes halogenated alkanes) is 4. The SMILES string of the molecule is C=CCOCCCc1cc(-c2ccc(C3CCC(CCCCCCC)CC3)cc2CC)ccc1OCC(COC(=O)C(=C)C)(COC(=O)C(C)=O)COC(=O)C(C)=O. The van der Waals surface area contributed by atoms with Crippen LogP contribution >= 0.6 is 0 Å². The van der Waals surface area contributed by atoms with Gasteiger partial charge in [0.1, 0.15) is 37.6 Å². The molecule has 2 aromatic carbocycles. The molecular formula is C48H66O10. The van der Waals surface area contributed by atoms with Gasteiger partial charge < -0.3 is 23.7 Å². The lowest BCUT2D eigenvalue weighted by atomic mass is 9.76. The van der Waals surface area contributed by atoms with Gasteiger partial charge >= 0.3 is 17.9 Å². The number of Topliss-reactive ketones (excluding diaryl/α,β-unsaturated/α-hetero) is 2. The maximum absolute atomic E-state index is 12.5. The molecule has 10 heteroatoms. The van der Waals surface area contributed by atoms with Crippen molar-refractivity contribution < 1.29 is 47.7 Å². The minimum Gasteiger partial charge on any atom is -0.492 e. The molecule has 1 aliphatic carbocycles. The molecule has 0 unspecified atom stereocenters. The quantitative estimate of drug-likeness (QED) is 0.0215. The number of hydrogen-bond acceptors (Lipinski definition) is 10. The largest absolute Gasteiger partial charge is 0.492 e. The molecule has 0 heterocycles. The van der Waals surface area contributed by atoms with Gasteiger partial charge in [0, 0.05) is 26.0 Å². The number of carbonyl (C=O) groups excluding carboxylic acids is 5. The molecule has 58 heavy (non-hydrogen) atoms. The second kappa shape index (κ2) is 25.0. The normalized spacial score (nSPS) is 15.3. The fourth-order valence-electron chi connectivity index (χ4n) is 7.34. The summed E-state index contributed by atoms with van der Waals surface area (Å²) in [6.07, 6.45) is 17.0. The summed E-state index contributed by atoms with van der Waals surface area (Å²) in [7, 11) is 0. The first-order valence-electron chi connectivity index (χ1n) is 21.1. The van der Waals surface area contributed by atoms with E-state index >= 15 is 0 Å². The Labute approximate surface area is 346 Å². The number of ether oxygens (including phenoxy) is 5. The third kappa shape index (κ3) is 15.6. The Bertz CT molecular complexity index is 1630. The highest BCUT2D eigenvalue weighted by Gasteiger charge is 2.38. The van der Waals surface area contributed by atoms with E-state index in [-0.39, 0.29) is 12.2 Å². The Morgan fingerprint density at radius 3 is 1.97 bits per heavy atom. The van der Waals surface area contributed by atoms with Gasteiger partial charge in [-0.05, 0) is 104 Å². The summed E-state index contributed by atoms with van der Waals surface area (Å²) in [5.41, 5.74) is 4.39. The van der Waals surface area contributed by atoms with Gasteiger partial charge in [-0.2, -0.15) is 0 Å². The molecule has 0 atom stereocenters. The van der Waals surface area contributed by atoms with Crippen molar-refractivity contribution in [3.8, 4) is 16.9 Å². The third-order valence-corrected chi connectivity index (χ3v) is 10.9. The summed E-state index contributed by atoms with van der Waals surface area (Å²) in [4.78, 5) is 60.7. The van der Waals surface area contributed by atoms with E-state index < -0.39 is 54.7 Å². The number of rotatable bonds is 27. The molecule has 0 spiro atoms. The van der Waals surface area contributed by atoms with Gasteiger partial charge in [0.05, 0.1) is 6.61 Å². The van der Waals surface area contributed by atoms with E-state index in [1.807, 2.05) is 12.1 Å². The summed E-state index contributed by atoms with van der Waals surface area (Å²) in [5, 5.41) is 0. The second-order valence-corrected chi connectivity index (χ2v) is 15.9. The minimum absolute atomic E-state index is 0.114. The number of esters is 3. The van der Waals surface area contributed by atoms with Crippen LogP contribution in [0.25, 0.3) is 11.1 Å². The molecule has 10 nitrogen and oxygen atoms in total. The van der Waals surface area contributed by atoms with Crippen LogP contribution in [0, 0.1) is 11.3 Å². The second-order valence-electron chi connectivity index (χ2n) is 15.9. The van der Waals surface area contributed by atoms with Crippen LogP contribution < -0.4 is 4.74 Å². The molecule has 0 bridgehead atoms. The van der Waals surface area contributed by atoms with E-state index in [0.717, 1.165) is 42.9 Å². The van der Waals surface area contributed by atoms with Crippen LogP contribution in [0.2, 0.25) is 0 Å². The minimum atomic E-state index is -1.50. The maximum atomic E-state index is 12.5. The summed E-state index contributed by atoms with van der Waals surface area (Å²) in [6, 6.07) is 12.9. The average Bonchev–Trinajstić information content (AvgIpc) is 3.22. The molecule has 0 saturated heterocycles. The summed E-state index contributed by atoms with van der Waals surface area (Å²) in [6.45, 7) is 14.5. The standard InChI is InChI=1S/C48H66O10/c1-8-11-12-13-14-16-37-18-20-39(21-19-37)40-22-24-43(38(10-3)28-40)41-23-25-44(42(29-41)17-15-27-54-26-9-2)55-30-48(31-56-45(51)34(4)5,32-57-46(52)35(6)49)33-58-47(53)36(7)50/h9,22-25,28-29,37,39H,2,4,8,10-21,26-27,30-33H2,1,3,5-7H3. The number of ketones is 2. The Kier molecular flexibility index (Phi) is 20.6. The highest BCUT2D eigenvalue weighted by molar-refractivity contribution is 6.32. The number of hydrogen-bond donors (Lipinski definition) is 0. The van der Waals surface area contributed by atoms with Crippen LogP contribution in [0.3, 0.4) is 0 Å². The maximum Gasteiger partial charge on any atom is 0.374 e. The van der Waals surface area contributed by atoms with Gasteiger partial charge in [-0.15, -0.1) is 6.58 Å². The lowest BCUT2D eigenvalue weighted by Gasteiger charge is -2.32. The predicted octanol–water partition coefficient (Wildman–Crippen LogP) is 9.43. The molecule has 0 aromatic heterocycles. The Morgan fingerprint density at radius 1 is 0.741 bits per heavy atom. The molecule has 1 saturated carbocycles. The van der Waals surface area contributed by atoms with Crippen molar-refractivity contribution in [2.24, 2.45) is 11.3 Å². The number of carbonyl (C=O) groups is 5. The molecule has 0 N–H and O–H groups in total. The van der Waals surface area contributed by atoms with Gasteiger partial charge in [0.2, 0.25) is 11.6 Å². The van der Waals surface area contributed by atoms with Crippen LogP contribution in [0.4, 0.5) is 0 Å². The van der Waals surface area contributed by atoms with Crippen LogP contribution in [0.1, 0.15) is 128 Å². The fourth-order valence-corrected chi connectivity index (χ4v) is 7.34. The first-order chi connectivity index (χ1) is 27.8. The Hall–Kier alpha value is -4.57. The van der Waals surface area contributed by atoms with Crippen LogP contribution in [0.5, 0.6) is 5.75 Å². The smallest absolute Gasteiger partial charge is 0.374 e. The molecule has 2 aromatic rings. The predicted molar refractivity (Wildman–Crippen MR) is 226 cm³/mol. The zero-order valence-corrected chi connectivity index (χ0v) is 35.6. The zero-order chi connectivity index (χ0) is 42.5. The van der Waals surface area contributed by atoms with Crippen LogP contribution in [-0.4, -0.2) is 69.1 Å². The number of aryl methyl sites for hydroxylation is 2. The highest BCUT2D eigenvalue weighted by atomic mass is 16.6. The van der Waals surface area contributed by atoms with E-state index in [1.165, 1.54) is 82.3 Å². The van der Waals surface area contributed by atoms with Gasteiger partial charge in [0.15, 0.2) is 0 Å². The Balaban J connectivity index is 1.91. The summed E-state index contributed by atoms with van der Waals surface area (Å²) >= 11 is 0. The van der Waals surface area contributed by atoms with Gasteiger partial charge in [-0.3, -0.25) is 9.59 Å². The molecular weight excluding hydrogens is 737 g/mol. The van der Waals surface area contributed by atoms with E-state index in [9.17, 15) is 24.0 Å². The highest BCUT2D eigenvalue weighted by Crippen LogP contribution is 2.40. The van der Waals surface area contributed by atoms with Crippen molar-refractivity contribution in [2.75, 3.05) is 39.6 Å². The van der Waals surface area contributed by atoms with Crippen molar-refractivity contribution in [3.05, 3.63) is 77.9 Å². The first-order valence-corrected chi connectivity index (χ1v) is 21.1. The number of benzene rings is 2. The molecule has 318 valence electrons. The van der Waals surface area contributed by atoms with E-state index in [0.29, 0.717) is 37.7 Å². The monoisotopic (exact) mass is 802 g/mol. The lowest BCUT2D eigenvalue weighted by molar-refractivity contribution is -0.168. The lowest BCUT2D eigenvalue weighted by Crippen LogP contribution is -2.45. The molecule has 1 aliphatic rings. The topological polar surface area (TPSA) is 132 Å². The molecule has 0 amide bonds. The van der Waals surface area contributed by atoms with Gasteiger partial charge in [-0.1, -0.05) is 89.3 Å². The molecule has 0 radical (unpaired) electrons. The zero-order valence-electron chi connectivity index (χ0n) is 35.6.